The highest BCUT2D eigenvalue weighted by Crippen LogP contribution is 2.20. The molecule has 6 heteroatoms. The van der Waals surface area contributed by atoms with Crippen molar-refractivity contribution in [3.05, 3.63) is 47.7 Å². The molecule has 19 heavy (non-hydrogen) atoms. The van der Waals surface area contributed by atoms with Crippen LogP contribution < -0.4 is 10.5 Å². The highest BCUT2D eigenvalue weighted by atomic mass is 32.2. The van der Waals surface area contributed by atoms with E-state index >= 15 is 0 Å². The smallest absolute Gasteiger partial charge is 0.263 e. The normalized spacial score (nSPS) is 11.3. The number of pyridine rings is 1. The van der Waals surface area contributed by atoms with Crippen molar-refractivity contribution in [2.45, 2.75) is 18.7 Å². The Bertz CT molecular complexity index is 694. The lowest BCUT2D eigenvalue weighted by molar-refractivity contribution is 0.600. The minimum Gasteiger partial charge on any atom is -0.399 e. The Morgan fingerprint density at radius 1 is 1.16 bits per heavy atom. The molecule has 0 unspecified atom stereocenters. The first-order chi connectivity index (χ1) is 8.88. The van der Waals surface area contributed by atoms with Crippen LogP contribution in [0.2, 0.25) is 0 Å². The topological polar surface area (TPSA) is 85.1 Å². The number of hydrogen-bond donors (Lipinski definition) is 2. The number of hydrogen-bond acceptors (Lipinski definition) is 4. The van der Waals surface area contributed by atoms with Gasteiger partial charge in [-0.05, 0) is 49.2 Å². The highest BCUT2D eigenvalue weighted by molar-refractivity contribution is 7.92. The maximum absolute atomic E-state index is 12.2. The van der Waals surface area contributed by atoms with Crippen LogP contribution in [0.3, 0.4) is 0 Å². The first-order valence-corrected chi connectivity index (χ1v) is 7.18. The average molecular weight is 277 g/mol. The fourth-order valence-electron chi connectivity index (χ4n) is 1.69. The molecule has 100 valence electrons. The standard InChI is InChI=1S/C13H15N3O2S/c1-9-3-6-13(15-8-9)16-19(17,18)12-5-4-11(14)7-10(12)2/h3-8H,14H2,1-2H3,(H,15,16). The van der Waals surface area contributed by atoms with Gasteiger partial charge in [0.25, 0.3) is 10.0 Å². The number of sulfonamides is 1. The average Bonchev–Trinajstić information content (AvgIpc) is 2.31. The van der Waals surface area contributed by atoms with Gasteiger partial charge in [0.2, 0.25) is 0 Å². The van der Waals surface area contributed by atoms with E-state index in [2.05, 4.69) is 9.71 Å². The summed E-state index contributed by atoms with van der Waals surface area (Å²) in [4.78, 5) is 4.22. The molecule has 0 fully saturated rings. The summed E-state index contributed by atoms with van der Waals surface area (Å²) in [7, 11) is -3.64. The van der Waals surface area contributed by atoms with E-state index in [1.807, 2.05) is 6.92 Å². The van der Waals surface area contributed by atoms with Gasteiger partial charge in [-0.15, -0.1) is 0 Å². The summed E-state index contributed by atoms with van der Waals surface area (Å²) >= 11 is 0. The lowest BCUT2D eigenvalue weighted by atomic mass is 10.2. The van der Waals surface area contributed by atoms with Crippen molar-refractivity contribution in [3.8, 4) is 0 Å². The summed E-state index contributed by atoms with van der Waals surface area (Å²) in [5, 5.41) is 0. The van der Waals surface area contributed by atoms with E-state index in [1.165, 1.54) is 6.07 Å². The second kappa shape index (κ2) is 4.89. The predicted molar refractivity (Wildman–Crippen MR) is 75.4 cm³/mol. The molecule has 1 aromatic carbocycles. The Kier molecular flexibility index (Phi) is 3.44. The summed E-state index contributed by atoms with van der Waals surface area (Å²) in [6.07, 6.45) is 1.60. The van der Waals surface area contributed by atoms with E-state index in [4.69, 9.17) is 5.73 Å². The zero-order chi connectivity index (χ0) is 14.0. The van der Waals surface area contributed by atoms with Gasteiger partial charge in [0.05, 0.1) is 4.90 Å². The second-order valence-corrected chi connectivity index (χ2v) is 6.00. The number of nitrogens with one attached hydrogen (secondary N) is 1. The summed E-state index contributed by atoms with van der Waals surface area (Å²) in [6.45, 7) is 3.59. The first kappa shape index (κ1) is 13.4. The van der Waals surface area contributed by atoms with Crippen molar-refractivity contribution in [3.63, 3.8) is 0 Å². The SMILES string of the molecule is Cc1ccc(NS(=O)(=O)c2ccc(N)cc2C)nc1. The number of anilines is 2. The van der Waals surface area contributed by atoms with Gasteiger partial charge in [-0.25, -0.2) is 13.4 Å². The lowest BCUT2D eigenvalue weighted by Crippen LogP contribution is -2.15. The quantitative estimate of drug-likeness (QED) is 0.841. The van der Waals surface area contributed by atoms with Crippen LogP contribution in [0, 0.1) is 13.8 Å². The Hall–Kier alpha value is -2.08. The molecule has 0 atom stereocenters. The number of nitrogen functional groups attached to an aromatic ring is 1. The number of nitrogens with two attached hydrogens (primary N) is 1. The molecule has 0 bridgehead atoms. The van der Waals surface area contributed by atoms with Crippen LogP contribution in [-0.4, -0.2) is 13.4 Å². The third kappa shape index (κ3) is 3.03. The molecule has 1 aromatic heterocycles. The van der Waals surface area contributed by atoms with E-state index in [9.17, 15) is 8.42 Å². The number of rotatable bonds is 3. The van der Waals surface area contributed by atoms with Crippen molar-refractivity contribution < 1.29 is 8.42 Å². The molecule has 0 amide bonds. The van der Waals surface area contributed by atoms with Gasteiger partial charge in [0.1, 0.15) is 5.82 Å². The molecule has 3 N–H and O–H groups in total. The minimum atomic E-state index is -3.64. The fraction of sp³-hybridized carbons (Fsp3) is 0.154. The maximum atomic E-state index is 12.2. The van der Waals surface area contributed by atoms with E-state index < -0.39 is 10.0 Å². The minimum absolute atomic E-state index is 0.198. The highest BCUT2D eigenvalue weighted by Gasteiger charge is 2.17. The molecule has 2 rings (SSSR count). The molecular formula is C13H15N3O2S. The number of nitrogens with zero attached hydrogens (tertiary/aromatic N) is 1. The largest absolute Gasteiger partial charge is 0.399 e. The van der Waals surface area contributed by atoms with Gasteiger partial charge in [-0.2, -0.15) is 0 Å². The van der Waals surface area contributed by atoms with E-state index in [0.717, 1.165) is 5.56 Å². The van der Waals surface area contributed by atoms with E-state index in [0.29, 0.717) is 17.1 Å². The molecule has 0 radical (unpaired) electrons. The van der Waals surface area contributed by atoms with Gasteiger partial charge < -0.3 is 5.73 Å². The molecular weight excluding hydrogens is 262 g/mol. The molecule has 5 nitrogen and oxygen atoms in total. The van der Waals surface area contributed by atoms with Crippen LogP contribution in [-0.2, 0) is 10.0 Å². The van der Waals surface area contributed by atoms with Crippen LogP contribution in [0.5, 0.6) is 0 Å². The molecule has 2 aromatic rings. The van der Waals surface area contributed by atoms with Crippen LogP contribution in [0.25, 0.3) is 0 Å². The van der Waals surface area contributed by atoms with Crippen LogP contribution >= 0.6 is 0 Å². The summed E-state index contributed by atoms with van der Waals surface area (Å²) < 4.78 is 26.9. The maximum Gasteiger partial charge on any atom is 0.263 e. The van der Waals surface area contributed by atoms with Gasteiger partial charge in [0, 0.05) is 11.9 Å². The fourth-order valence-corrected chi connectivity index (χ4v) is 2.93. The molecule has 0 aliphatic heterocycles. The van der Waals surface area contributed by atoms with Gasteiger partial charge >= 0.3 is 0 Å². The number of aromatic nitrogens is 1. The predicted octanol–water partition coefficient (Wildman–Crippen LogP) is 2.08. The third-order valence-electron chi connectivity index (χ3n) is 2.64. The lowest BCUT2D eigenvalue weighted by Gasteiger charge is -2.10. The molecule has 0 aliphatic carbocycles. The number of aryl methyl sites for hydroxylation is 2. The van der Waals surface area contributed by atoms with E-state index in [1.54, 1.807) is 37.4 Å². The molecule has 0 aliphatic rings. The van der Waals surface area contributed by atoms with Crippen molar-refractivity contribution in [1.29, 1.82) is 0 Å². The second-order valence-electron chi connectivity index (χ2n) is 4.35. The first-order valence-electron chi connectivity index (χ1n) is 5.70. The summed E-state index contributed by atoms with van der Waals surface area (Å²) in [5.41, 5.74) is 7.71. The zero-order valence-corrected chi connectivity index (χ0v) is 11.5. The van der Waals surface area contributed by atoms with Crippen molar-refractivity contribution in [2.75, 3.05) is 10.5 Å². The van der Waals surface area contributed by atoms with Gasteiger partial charge in [-0.1, -0.05) is 6.07 Å². The van der Waals surface area contributed by atoms with Crippen molar-refractivity contribution in [2.24, 2.45) is 0 Å². The Morgan fingerprint density at radius 3 is 2.47 bits per heavy atom. The molecule has 1 heterocycles. The molecule has 0 saturated carbocycles. The summed E-state index contributed by atoms with van der Waals surface area (Å²) in [5.74, 6) is 0.293. The van der Waals surface area contributed by atoms with Crippen LogP contribution in [0.4, 0.5) is 11.5 Å². The molecule has 0 saturated heterocycles. The van der Waals surface area contributed by atoms with Crippen molar-refractivity contribution >= 4 is 21.5 Å². The van der Waals surface area contributed by atoms with E-state index in [-0.39, 0.29) is 4.90 Å². The monoisotopic (exact) mass is 277 g/mol. The number of benzene rings is 1. The zero-order valence-electron chi connectivity index (χ0n) is 10.7. The van der Waals surface area contributed by atoms with Crippen molar-refractivity contribution in [1.82, 2.24) is 4.98 Å². The van der Waals surface area contributed by atoms with Gasteiger partial charge in [-0.3, -0.25) is 4.72 Å². The van der Waals surface area contributed by atoms with Gasteiger partial charge in [0.15, 0.2) is 0 Å². The summed E-state index contributed by atoms with van der Waals surface area (Å²) in [6, 6.07) is 8.09. The molecule has 0 spiro atoms. The third-order valence-corrected chi connectivity index (χ3v) is 4.15. The van der Waals surface area contributed by atoms with Crippen LogP contribution in [0.1, 0.15) is 11.1 Å². The van der Waals surface area contributed by atoms with Crippen LogP contribution in [0.15, 0.2) is 41.4 Å². The Balaban J connectivity index is 2.35. The Morgan fingerprint density at radius 2 is 1.89 bits per heavy atom. The Labute approximate surface area is 112 Å².